The first-order valence-electron chi connectivity index (χ1n) is 11.0. The second-order valence-corrected chi connectivity index (χ2v) is 9.36. The Morgan fingerprint density at radius 2 is 2.06 bits per heavy atom. The van der Waals surface area contributed by atoms with Crippen LogP contribution in [0, 0.1) is 0 Å². The SMILES string of the molecule is O=C(NC(Cc1ccc(O)cc1)C(=O)N1CCC2OCC(=O)C21)c1cncc(-c2cccs2)c1. The number of rotatable bonds is 6. The van der Waals surface area contributed by atoms with Gasteiger partial charge < -0.3 is 20.1 Å². The maximum Gasteiger partial charge on any atom is 0.253 e. The number of pyridine rings is 1. The van der Waals surface area contributed by atoms with Crippen LogP contribution in [-0.2, 0) is 20.7 Å². The highest BCUT2D eigenvalue weighted by atomic mass is 32.1. The minimum atomic E-state index is -0.894. The number of nitrogens with zero attached hydrogens (tertiary/aromatic N) is 2. The number of aromatic nitrogens is 1. The molecule has 2 amide bonds. The number of phenolic OH excluding ortho intramolecular Hbond substituents is 1. The van der Waals surface area contributed by atoms with Gasteiger partial charge in [-0.2, -0.15) is 0 Å². The molecule has 174 valence electrons. The molecule has 5 rings (SSSR count). The van der Waals surface area contributed by atoms with E-state index < -0.39 is 18.0 Å². The smallest absolute Gasteiger partial charge is 0.253 e. The number of carbonyl (C=O) groups excluding carboxylic acids is 3. The van der Waals surface area contributed by atoms with Crippen LogP contribution in [-0.4, -0.2) is 63.9 Å². The van der Waals surface area contributed by atoms with Crippen molar-refractivity contribution in [1.82, 2.24) is 15.2 Å². The van der Waals surface area contributed by atoms with Gasteiger partial charge in [-0.25, -0.2) is 0 Å². The number of fused-ring (bicyclic) bond motifs is 1. The molecule has 1 aromatic carbocycles. The van der Waals surface area contributed by atoms with E-state index in [2.05, 4.69) is 10.3 Å². The lowest BCUT2D eigenvalue weighted by atomic mass is 10.0. The second kappa shape index (κ2) is 9.36. The molecule has 2 aliphatic rings. The number of aromatic hydroxyl groups is 1. The lowest BCUT2D eigenvalue weighted by molar-refractivity contribution is -0.138. The van der Waals surface area contributed by atoms with Crippen molar-refractivity contribution in [3.63, 3.8) is 0 Å². The van der Waals surface area contributed by atoms with Crippen molar-refractivity contribution < 1.29 is 24.2 Å². The van der Waals surface area contributed by atoms with Gasteiger partial charge in [0.1, 0.15) is 24.4 Å². The zero-order chi connectivity index (χ0) is 23.7. The molecule has 2 aliphatic heterocycles. The minimum absolute atomic E-state index is 0.00921. The molecule has 0 radical (unpaired) electrons. The molecular formula is C25H23N3O5S. The van der Waals surface area contributed by atoms with Crippen molar-refractivity contribution in [2.75, 3.05) is 13.2 Å². The minimum Gasteiger partial charge on any atom is -0.508 e. The largest absolute Gasteiger partial charge is 0.508 e. The molecule has 0 saturated carbocycles. The third-order valence-electron chi connectivity index (χ3n) is 6.18. The summed E-state index contributed by atoms with van der Waals surface area (Å²) in [6.45, 7) is 0.409. The monoisotopic (exact) mass is 477 g/mol. The zero-order valence-corrected chi connectivity index (χ0v) is 19.0. The average Bonchev–Trinajstić information content (AvgIpc) is 3.60. The predicted octanol–water partition coefficient (Wildman–Crippen LogP) is 2.43. The zero-order valence-electron chi connectivity index (χ0n) is 18.2. The van der Waals surface area contributed by atoms with Crippen molar-refractivity contribution in [3.8, 4) is 16.2 Å². The molecule has 9 heteroatoms. The van der Waals surface area contributed by atoms with E-state index in [1.54, 1.807) is 35.7 Å². The van der Waals surface area contributed by atoms with Crippen molar-refractivity contribution in [2.45, 2.75) is 31.0 Å². The number of benzene rings is 1. The van der Waals surface area contributed by atoms with Crippen LogP contribution in [0.5, 0.6) is 5.75 Å². The molecule has 2 fully saturated rings. The van der Waals surface area contributed by atoms with Crippen LogP contribution in [0.25, 0.3) is 10.4 Å². The van der Waals surface area contributed by atoms with E-state index in [1.165, 1.54) is 23.2 Å². The Morgan fingerprint density at radius 1 is 1.24 bits per heavy atom. The van der Waals surface area contributed by atoms with Gasteiger partial charge >= 0.3 is 0 Å². The van der Waals surface area contributed by atoms with Crippen molar-refractivity contribution >= 4 is 28.9 Å². The number of ketones is 1. The molecule has 34 heavy (non-hydrogen) atoms. The number of carbonyl (C=O) groups is 3. The average molecular weight is 478 g/mol. The number of likely N-dealkylation sites (tertiary alicyclic amines) is 1. The number of phenols is 1. The summed E-state index contributed by atoms with van der Waals surface area (Å²) < 4.78 is 5.51. The van der Waals surface area contributed by atoms with Gasteiger partial charge in [-0.05, 0) is 41.6 Å². The highest BCUT2D eigenvalue weighted by Crippen LogP contribution is 2.28. The van der Waals surface area contributed by atoms with E-state index in [0.29, 0.717) is 18.5 Å². The summed E-state index contributed by atoms with van der Waals surface area (Å²) >= 11 is 1.55. The highest BCUT2D eigenvalue weighted by molar-refractivity contribution is 7.13. The maximum atomic E-state index is 13.6. The van der Waals surface area contributed by atoms with Gasteiger partial charge in [0.2, 0.25) is 5.91 Å². The van der Waals surface area contributed by atoms with Crippen LogP contribution < -0.4 is 5.32 Å². The molecule has 8 nitrogen and oxygen atoms in total. The molecule has 0 aliphatic carbocycles. The molecular weight excluding hydrogens is 454 g/mol. The van der Waals surface area contributed by atoms with E-state index >= 15 is 0 Å². The van der Waals surface area contributed by atoms with E-state index in [0.717, 1.165) is 16.0 Å². The van der Waals surface area contributed by atoms with Crippen molar-refractivity contribution in [3.05, 3.63) is 71.4 Å². The summed E-state index contributed by atoms with van der Waals surface area (Å²) in [6, 6.07) is 10.6. The number of nitrogens with one attached hydrogen (secondary N) is 1. The first kappa shape index (κ1) is 22.2. The third kappa shape index (κ3) is 4.44. The fourth-order valence-corrected chi connectivity index (χ4v) is 5.20. The normalized spacial score (nSPS) is 20.2. The fourth-order valence-electron chi connectivity index (χ4n) is 4.49. The number of ether oxygens (including phenoxy) is 1. The number of Topliss-reactive ketones (excluding diaryl/α,β-unsaturated/α-hetero) is 1. The van der Waals surface area contributed by atoms with E-state index in [-0.39, 0.29) is 36.6 Å². The van der Waals surface area contributed by atoms with Gasteiger partial charge in [0.25, 0.3) is 5.91 Å². The Morgan fingerprint density at radius 3 is 2.82 bits per heavy atom. The number of hydrogen-bond donors (Lipinski definition) is 2. The van der Waals surface area contributed by atoms with E-state index in [4.69, 9.17) is 4.74 Å². The van der Waals surface area contributed by atoms with Crippen LogP contribution in [0.1, 0.15) is 22.3 Å². The quantitative estimate of drug-likeness (QED) is 0.565. The summed E-state index contributed by atoms with van der Waals surface area (Å²) in [5, 5.41) is 14.4. The van der Waals surface area contributed by atoms with Crippen LogP contribution in [0.2, 0.25) is 0 Å². The van der Waals surface area contributed by atoms with Gasteiger partial charge in [-0.15, -0.1) is 11.3 Å². The second-order valence-electron chi connectivity index (χ2n) is 8.42. The number of thiophene rings is 1. The molecule has 2 N–H and O–H groups in total. The summed E-state index contributed by atoms with van der Waals surface area (Å²) in [6.07, 6.45) is 3.68. The lowest BCUT2D eigenvalue weighted by Crippen LogP contribution is -2.53. The topological polar surface area (TPSA) is 109 Å². The Kier molecular flexibility index (Phi) is 6.12. The van der Waals surface area contributed by atoms with E-state index in [9.17, 15) is 19.5 Å². The van der Waals surface area contributed by atoms with Crippen LogP contribution in [0.3, 0.4) is 0 Å². The highest BCUT2D eigenvalue weighted by Gasteiger charge is 2.48. The van der Waals surface area contributed by atoms with Gasteiger partial charge in [-0.1, -0.05) is 18.2 Å². The summed E-state index contributed by atoms with van der Waals surface area (Å²) in [7, 11) is 0. The van der Waals surface area contributed by atoms with Gasteiger partial charge in [0.05, 0.1) is 11.7 Å². The predicted molar refractivity (Wildman–Crippen MR) is 125 cm³/mol. The van der Waals surface area contributed by atoms with Crippen LogP contribution in [0.4, 0.5) is 0 Å². The molecule has 3 aromatic rings. The Hall–Kier alpha value is -3.56. The van der Waals surface area contributed by atoms with Crippen molar-refractivity contribution in [1.29, 1.82) is 0 Å². The standard InChI is InChI=1S/C25H23N3O5S/c29-18-5-3-15(4-6-18)10-19(25(32)28-8-7-21-23(28)20(30)14-33-21)27-24(31)17-11-16(12-26-13-17)22-2-1-9-34-22/h1-6,9,11-13,19,21,23,29H,7-8,10,14H2,(H,27,31). The van der Waals surface area contributed by atoms with Crippen molar-refractivity contribution in [2.24, 2.45) is 0 Å². The fraction of sp³-hybridized carbons (Fsp3) is 0.280. The number of amides is 2. The molecule has 3 unspecified atom stereocenters. The molecule has 0 spiro atoms. The Bertz CT molecular complexity index is 1210. The van der Waals surface area contributed by atoms with E-state index in [1.807, 2.05) is 17.5 Å². The number of hydrogen-bond acceptors (Lipinski definition) is 7. The molecule has 0 bridgehead atoms. The molecule has 4 heterocycles. The lowest BCUT2D eigenvalue weighted by Gasteiger charge is -2.27. The summed E-state index contributed by atoms with van der Waals surface area (Å²) in [5.41, 5.74) is 1.93. The van der Waals surface area contributed by atoms with Gasteiger partial charge in [0.15, 0.2) is 5.78 Å². The van der Waals surface area contributed by atoms with Crippen LogP contribution >= 0.6 is 11.3 Å². The first-order chi connectivity index (χ1) is 16.5. The van der Waals surface area contributed by atoms with Gasteiger partial charge in [-0.3, -0.25) is 19.4 Å². The molecule has 2 aromatic heterocycles. The maximum absolute atomic E-state index is 13.6. The molecule has 2 saturated heterocycles. The third-order valence-corrected chi connectivity index (χ3v) is 7.10. The molecule has 3 atom stereocenters. The van der Waals surface area contributed by atoms with Crippen LogP contribution in [0.15, 0.2) is 60.2 Å². The Balaban J connectivity index is 1.39. The summed E-state index contributed by atoms with van der Waals surface area (Å²) in [5.74, 6) is -0.746. The Labute approximate surface area is 200 Å². The van der Waals surface area contributed by atoms with Gasteiger partial charge in [0, 0.05) is 35.8 Å². The first-order valence-corrected chi connectivity index (χ1v) is 11.9. The summed E-state index contributed by atoms with van der Waals surface area (Å²) in [4.78, 5) is 45.8.